The van der Waals surface area contributed by atoms with Crippen molar-refractivity contribution in [2.24, 2.45) is 5.73 Å². The van der Waals surface area contributed by atoms with Crippen molar-refractivity contribution in [2.75, 3.05) is 26.2 Å². The van der Waals surface area contributed by atoms with E-state index < -0.39 is 0 Å². The molecule has 0 unspecified atom stereocenters. The predicted molar refractivity (Wildman–Crippen MR) is 102 cm³/mol. The van der Waals surface area contributed by atoms with Crippen molar-refractivity contribution < 1.29 is 9.59 Å². The van der Waals surface area contributed by atoms with Gasteiger partial charge in [0.25, 0.3) is 5.91 Å². The lowest BCUT2D eigenvalue weighted by atomic mass is 10.1. The van der Waals surface area contributed by atoms with Crippen molar-refractivity contribution in [1.29, 1.82) is 0 Å². The SMILES string of the molecule is NCc1nc(C(=O)N2CCN(C(=O)CCCc3ccccc3)CC2)cs1. The van der Waals surface area contributed by atoms with E-state index in [4.69, 9.17) is 5.73 Å². The van der Waals surface area contributed by atoms with Crippen molar-refractivity contribution in [1.82, 2.24) is 14.8 Å². The molecule has 26 heavy (non-hydrogen) atoms. The summed E-state index contributed by atoms with van der Waals surface area (Å²) in [6, 6.07) is 10.2. The fourth-order valence-electron chi connectivity index (χ4n) is 3.07. The van der Waals surface area contributed by atoms with Crippen molar-refractivity contribution in [2.45, 2.75) is 25.8 Å². The third kappa shape index (κ3) is 4.68. The molecule has 1 fully saturated rings. The minimum Gasteiger partial charge on any atom is -0.339 e. The second kappa shape index (κ2) is 8.91. The van der Waals surface area contributed by atoms with E-state index in [1.165, 1.54) is 16.9 Å². The number of thiazole rings is 1. The number of nitrogens with two attached hydrogens (primary N) is 1. The topological polar surface area (TPSA) is 79.5 Å². The minimum atomic E-state index is -0.0721. The molecule has 0 bridgehead atoms. The summed E-state index contributed by atoms with van der Waals surface area (Å²) in [7, 11) is 0. The van der Waals surface area contributed by atoms with Crippen LogP contribution < -0.4 is 5.73 Å². The van der Waals surface area contributed by atoms with E-state index in [9.17, 15) is 9.59 Å². The van der Waals surface area contributed by atoms with Crippen LogP contribution in [-0.2, 0) is 17.8 Å². The molecule has 1 aromatic carbocycles. The number of nitrogens with zero attached hydrogens (tertiary/aromatic N) is 3. The van der Waals surface area contributed by atoms with Gasteiger partial charge in [-0.15, -0.1) is 11.3 Å². The highest BCUT2D eigenvalue weighted by atomic mass is 32.1. The summed E-state index contributed by atoms with van der Waals surface area (Å²) in [5.41, 5.74) is 7.27. The second-order valence-electron chi connectivity index (χ2n) is 6.34. The van der Waals surface area contributed by atoms with E-state index in [0.29, 0.717) is 44.8 Å². The van der Waals surface area contributed by atoms with Crippen LogP contribution in [0.4, 0.5) is 0 Å². The molecule has 1 aliphatic heterocycles. The molecule has 2 N–H and O–H groups in total. The Morgan fingerprint density at radius 2 is 1.77 bits per heavy atom. The van der Waals surface area contributed by atoms with Crippen LogP contribution in [0.5, 0.6) is 0 Å². The molecule has 0 atom stereocenters. The van der Waals surface area contributed by atoms with Gasteiger partial charge < -0.3 is 15.5 Å². The molecular weight excluding hydrogens is 348 g/mol. The van der Waals surface area contributed by atoms with Gasteiger partial charge in [0.1, 0.15) is 10.7 Å². The first-order chi connectivity index (χ1) is 12.7. The van der Waals surface area contributed by atoms with Crippen molar-refractivity contribution in [3.63, 3.8) is 0 Å². The molecule has 2 amide bonds. The number of carbonyl (C=O) groups is 2. The number of hydrogen-bond acceptors (Lipinski definition) is 5. The highest BCUT2D eigenvalue weighted by Crippen LogP contribution is 2.14. The Bertz CT molecular complexity index is 739. The molecule has 0 saturated carbocycles. The third-order valence-electron chi connectivity index (χ3n) is 4.56. The summed E-state index contributed by atoms with van der Waals surface area (Å²) in [5, 5.41) is 2.52. The van der Waals surface area contributed by atoms with Gasteiger partial charge >= 0.3 is 0 Å². The molecule has 2 aromatic rings. The van der Waals surface area contributed by atoms with E-state index >= 15 is 0 Å². The predicted octanol–water partition coefficient (Wildman–Crippen LogP) is 1.91. The first kappa shape index (κ1) is 18.5. The number of aromatic nitrogens is 1. The van der Waals surface area contributed by atoms with Crippen LogP contribution in [-0.4, -0.2) is 52.8 Å². The Balaban J connectivity index is 1.42. The molecule has 0 aliphatic carbocycles. The summed E-state index contributed by atoms with van der Waals surface area (Å²) in [6.45, 7) is 2.63. The maximum atomic E-state index is 12.5. The van der Waals surface area contributed by atoms with Crippen LogP contribution in [0.1, 0.15) is 33.9 Å². The van der Waals surface area contributed by atoms with Crippen LogP contribution in [0.3, 0.4) is 0 Å². The standard InChI is InChI=1S/C19H24N4O2S/c20-13-17-21-16(14-26-17)19(25)23-11-9-22(10-12-23)18(24)8-4-7-15-5-2-1-3-6-15/h1-3,5-6,14H,4,7-13,20H2. The normalized spacial score (nSPS) is 14.5. The Morgan fingerprint density at radius 3 is 2.42 bits per heavy atom. The number of rotatable bonds is 6. The minimum absolute atomic E-state index is 0.0721. The maximum Gasteiger partial charge on any atom is 0.273 e. The van der Waals surface area contributed by atoms with Crippen LogP contribution >= 0.6 is 11.3 Å². The third-order valence-corrected chi connectivity index (χ3v) is 5.44. The van der Waals surface area contributed by atoms with Gasteiger partial charge in [-0.1, -0.05) is 30.3 Å². The first-order valence-electron chi connectivity index (χ1n) is 8.93. The van der Waals surface area contributed by atoms with Gasteiger partial charge in [-0.2, -0.15) is 0 Å². The molecule has 0 radical (unpaired) electrons. The molecular formula is C19H24N4O2S. The molecule has 7 heteroatoms. The van der Waals surface area contributed by atoms with Gasteiger partial charge in [0.15, 0.2) is 0 Å². The van der Waals surface area contributed by atoms with Gasteiger partial charge in [-0.05, 0) is 18.4 Å². The number of hydrogen-bond donors (Lipinski definition) is 1. The number of aryl methyl sites for hydroxylation is 1. The summed E-state index contributed by atoms with van der Waals surface area (Å²) >= 11 is 1.41. The lowest BCUT2D eigenvalue weighted by Gasteiger charge is -2.34. The molecule has 138 valence electrons. The Morgan fingerprint density at radius 1 is 1.08 bits per heavy atom. The van der Waals surface area contributed by atoms with Crippen molar-refractivity contribution in [3.8, 4) is 0 Å². The van der Waals surface area contributed by atoms with Gasteiger partial charge in [-0.25, -0.2) is 4.98 Å². The summed E-state index contributed by atoms with van der Waals surface area (Å²) in [5.74, 6) is 0.101. The number of carbonyl (C=O) groups excluding carboxylic acids is 2. The molecule has 2 heterocycles. The molecule has 1 saturated heterocycles. The average molecular weight is 372 g/mol. The monoisotopic (exact) mass is 372 g/mol. The Labute approximate surface area is 157 Å². The van der Waals surface area contributed by atoms with Gasteiger partial charge in [0.05, 0.1) is 0 Å². The quantitative estimate of drug-likeness (QED) is 0.840. The highest BCUT2D eigenvalue weighted by Gasteiger charge is 2.25. The van der Waals surface area contributed by atoms with Gasteiger partial charge in [0, 0.05) is 44.5 Å². The number of benzene rings is 1. The average Bonchev–Trinajstić information content (AvgIpc) is 3.17. The maximum absolute atomic E-state index is 12.5. The van der Waals surface area contributed by atoms with Crippen molar-refractivity contribution in [3.05, 3.63) is 52.0 Å². The zero-order valence-electron chi connectivity index (χ0n) is 14.8. The Hall–Kier alpha value is -2.25. The summed E-state index contributed by atoms with van der Waals surface area (Å²) in [4.78, 5) is 32.7. The van der Waals surface area contributed by atoms with Crippen LogP contribution in [0.25, 0.3) is 0 Å². The van der Waals surface area contributed by atoms with E-state index in [1.807, 2.05) is 23.1 Å². The summed E-state index contributed by atoms with van der Waals surface area (Å²) < 4.78 is 0. The molecule has 6 nitrogen and oxygen atoms in total. The number of amides is 2. The van der Waals surface area contributed by atoms with Gasteiger partial charge in [0.2, 0.25) is 5.91 Å². The lowest BCUT2D eigenvalue weighted by Crippen LogP contribution is -2.50. The molecule has 1 aliphatic rings. The Kier molecular flexibility index (Phi) is 6.35. The largest absolute Gasteiger partial charge is 0.339 e. The summed E-state index contributed by atoms with van der Waals surface area (Å²) in [6.07, 6.45) is 2.32. The van der Waals surface area contributed by atoms with Crippen molar-refractivity contribution >= 4 is 23.2 Å². The molecule has 1 aromatic heterocycles. The van der Waals surface area contributed by atoms with E-state index in [1.54, 1.807) is 10.3 Å². The number of piperazine rings is 1. The fraction of sp³-hybridized carbons (Fsp3) is 0.421. The second-order valence-corrected chi connectivity index (χ2v) is 7.29. The zero-order chi connectivity index (χ0) is 18.4. The zero-order valence-corrected chi connectivity index (χ0v) is 15.6. The highest BCUT2D eigenvalue weighted by molar-refractivity contribution is 7.09. The van der Waals surface area contributed by atoms with Crippen LogP contribution in [0, 0.1) is 0 Å². The smallest absolute Gasteiger partial charge is 0.273 e. The lowest BCUT2D eigenvalue weighted by molar-refractivity contribution is -0.132. The van der Waals surface area contributed by atoms with Crippen LogP contribution in [0.15, 0.2) is 35.7 Å². The first-order valence-corrected chi connectivity index (χ1v) is 9.81. The molecule has 0 spiro atoms. The van der Waals surface area contributed by atoms with E-state index in [0.717, 1.165) is 17.8 Å². The van der Waals surface area contributed by atoms with E-state index in [-0.39, 0.29) is 11.8 Å². The van der Waals surface area contributed by atoms with E-state index in [2.05, 4.69) is 17.1 Å². The van der Waals surface area contributed by atoms with Crippen LogP contribution in [0.2, 0.25) is 0 Å². The fourth-order valence-corrected chi connectivity index (χ4v) is 3.72. The van der Waals surface area contributed by atoms with Gasteiger partial charge in [-0.3, -0.25) is 9.59 Å². The molecule has 3 rings (SSSR count).